The molecular formula is C19H33N3O3. The smallest absolute Gasteiger partial charge is 0.191 e. The van der Waals surface area contributed by atoms with E-state index in [-0.39, 0.29) is 0 Å². The van der Waals surface area contributed by atoms with E-state index in [1.807, 2.05) is 12.1 Å². The molecule has 1 aromatic carbocycles. The van der Waals surface area contributed by atoms with Crippen LogP contribution in [-0.2, 0) is 6.54 Å². The van der Waals surface area contributed by atoms with Crippen LogP contribution in [0.1, 0.15) is 45.1 Å². The lowest BCUT2D eigenvalue weighted by Gasteiger charge is -2.14. The Morgan fingerprint density at radius 3 is 2.16 bits per heavy atom. The van der Waals surface area contributed by atoms with Gasteiger partial charge in [-0.1, -0.05) is 26.2 Å². The van der Waals surface area contributed by atoms with Gasteiger partial charge in [0.25, 0.3) is 0 Å². The van der Waals surface area contributed by atoms with E-state index in [1.54, 1.807) is 21.3 Å². The molecule has 0 amide bonds. The Balaban J connectivity index is 2.79. The van der Waals surface area contributed by atoms with E-state index in [0.717, 1.165) is 36.8 Å². The van der Waals surface area contributed by atoms with Crippen LogP contribution in [0, 0.1) is 0 Å². The second-order valence-electron chi connectivity index (χ2n) is 5.70. The van der Waals surface area contributed by atoms with Gasteiger partial charge in [0.15, 0.2) is 17.5 Å². The molecule has 0 aliphatic rings. The van der Waals surface area contributed by atoms with Gasteiger partial charge in [0.1, 0.15) is 5.75 Å². The van der Waals surface area contributed by atoms with Crippen molar-refractivity contribution in [2.24, 2.45) is 4.99 Å². The fourth-order valence-electron chi connectivity index (χ4n) is 2.48. The van der Waals surface area contributed by atoms with Crippen LogP contribution in [0.3, 0.4) is 0 Å². The molecule has 2 N–H and O–H groups in total. The molecule has 0 unspecified atom stereocenters. The number of guanidine groups is 1. The molecule has 0 fully saturated rings. The van der Waals surface area contributed by atoms with Crippen LogP contribution in [0.25, 0.3) is 0 Å². The first-order valence-electron chi connectivity index (χ1n) is 9.01. The van der Waals surface area contributed by atoms with Gasteiger partial charge < -0.3 is 24.8 Å². The van der Waals surface area contributed by atoms with Gasteiger partial charge in [0, 0.05) is 24.7 Å². The van der Waals surface area contributed by atoms with Gasteiger partial charge in [-0.3, -0.25) is 0 Å². The Kier molecular flexibility index (Phi) is 10.3. The molecule has 6 heteroatoms. The van der Waals surface area contributed by atoms with Gasteiger partial charge >= 0.3 is 0 Å². The summed E-state index contributed by atoms with van der Waals surface area (Å²) in [6, 6.07) is 3.74. The summed E-state index contributed by atoms with van der Waals surface area (Å²) in [5.41, 5.74) is 0.948. The molecule has 142 valence electrons. The van der Waals surface area contributed by atoms with Gasteiger partial charge in [-0.15, -0.1) is 0 Å². The maximum atomic E-state index is 5.46. The SMILES string of the molecule is CCCCCCNC(=NCc1cc(OC)c(OC)cc1OC)NCC. The van der Waals surface area contributed by atoms with E-state index in [0.29, 0.717) is 18.0 Å². The first kappa shape index (κ1) is 20.9. The summed E-state index contributed by atoms with van der Waals surface area (Å²) in [6.45, 7) is 6.52. The molecule has 0 saturated heterocycles. The van der Waals surface area contributed by atoms with Crippen molar-refractivity contribution in [3.05, 3.63) is 17.7 Å². The molecule has 6 nitrogen and oxygen atoms in total. The highest BCUT2D eigenvalue weighted by Gasteiger charge is 2.11. The largest absolute Gasteiger partial charge is 0.496 e. The number of rotatable bonds is 11. The van der Waals surface area contributed by atoms with Crippen molar-refractivity contribution in [3.8, 4) is 17.2 Å². The molecule has 0 atom stereocenters. The minimum absolute atomic E-state index is 0.494. The number of benzene rings is 1. The summed E-state index contributed by atoms with van der Waals surface area (Å²) in [6.07, 6.45) is 4.91. The molecule has 0 heterocycles. The van der Waals surface area contributed by atoms with Crippen LogP contribution in [0.15, 0.2) is 17.1 Å². The van der Waals surface area contributed by atoms with Gasteiger partial charge in [-0.05, 0) is 19.4 Å². The highest BCUT2D eigenvalue weighted by Crippen LogP contribution is 2.34. The van der Waals surface area contributed by atoms with E-state index < -0.39 is 0 Å². The Morgan fingerprint density at radius 1 is 0.880 bits per heavy atom. The Bertz CT molecular complexity index is 533. The van der Waals surface area contributed by atoms with Crippen LogP contribution in [0.4, 0.5) is 0 Å². The van der Waals surface area contributed by atoms with Crippen molar-refractivity contribution in [3.63, 3.8) is 0 Å². The number of aliphatic imine (C=N–C) groups is 1. The molecule has 1 aromatic rings. The zero-order valence-electron chi connectivity index (χ0n) is 16.3. The lowest BCUT2D eigenvalue weighted by atomic mass is 10.1. The van der Waals surface area contributed by atoms with Crippen LogP contribution in [0.2, 0.25) is 0 Å². The summed E-state index contributed by atoms with van der Waals surface area (Å²) in [4.78, 5) is 4.66. The predicted octanol–water partition coefficient (Wildman–Crippen LogP) is 3.35. The number of nitrogens with zero attached hydrogens (tertiary/aromatic N) is 1. The quantitative estimate of drug-likeness (QED) is 0.364. The molecule has 25 heavy (non-hydrogen) atoms. The number of nitrogens with one attached hydrogen (secondary N) is 2. The highest BCUT2D eigenvalue weighted by atomic mass is 16.5. The van der Waals surface area contributed by atoms with Gasteiger partial charge in [-0.2, -0.15) is 0 Å². The molecule has 0 bridgehead atoms. The van der Waals surface area contributed by atoms with Gasteiger partial charge in [-0.25, -0.2) is 4.99 Å². The number of hydrogen-bond donors (Lipinski definition) is 2. The van der Waals surface area contributed by atoms with E-state index in [2.05, 4.69) is 29.5 Å². The average Bonchev–Trinajstić information content (AvgIpc) is 2.64. The Labute approximate surface area is 152 Å². The number of methoxy groups -OCH3 is 3. The van der Waals surface area contributed by atoms with Crippen molar-refractivity contribution in [2.75, 3.05) is 34.4 Å². The first-order chi connectivity index (χ1) is 12.2. The second kappa shape index (κ2) is 12.3. The topological polar surface area (TPSA) is 64.1 Å². The molecular weight excluding hydrogens is 318 g/mol. The van der Waals surface area contributed by atoms with Gasteiger partial charge in [0.05, 0.1) is 27.9 Å². The predicted molar refractivity (Wildman–Crippen MR) is 103 cm³/mol. The van der Waals surface area contributed by atoms with E-state index in [4.69, 9.17) is 14.2 Å². The third-order valence-electron chi connectivity index (χ3n) is 3.86. The Hall–Kier alpha value is -2.11. The summed E-state index contributed by atoms with van der Waals surface area (Å²) in [7, 11) is 4.88. The van der Waals surface area contributed by atoms with Crippen molar-refractivity contribution >= 4 is 5.96 Å². The fraction of sp³-hybridized carbons (Fsp3) is 0.632. The van der Waals surface area contributed by atoms with Crippen molar-refractivity contribution in [1.82, 2.24) is 10.6 Å². The molecule has 0 spiro atoms. The lowest BCUT2D eigenvalue weighted by Crippen LogP contribution is -2.37. The maximum Gasteiger partial charge on any atom is 0.191 e. The Morgan fingerprint density at radius 2 is 1.56 bits per heavy atom. The second-order valence-corrected chi connectivity index (χ2v) is 5.70. The molecule has 0 aliphatic heterocycles. The molecule has 0 aromatic heterocycles. The molecule has 0 aliphatic carbocycles. The zero-order valence-corrected chi connectivity index (χ0v) is 16.3. The minimum Gasteiger partial charge on any atom is -0.496 e. The van der Waals surface area contributed by atoms with Crippen molar-refractivity contribution in [1.29, 1.82) is 0 Å². The number of hydrogen-bond acceptors (Lipinski definition) is 4. The molecule has 0 saturated carbocycles. The third-order valence-corrected chi connectivity index (χ3v) is 3.86. The van der Waals surface area contributed by atoms with E-state index in [9.17, 15) is 0 Å². The summed E-state index contributed by atoms with van der Waals surface area (Å²) in [5, 5.41) is 6.66. The third kappa shape index (κ3) is 7.11. The zero-order chi connectivity index (χ0) is 18.5. The van der Waals surface area contributed by atoms with Crippen molar-refractivity contribution < 1.29 is 14.2 Å². The minimum atomic E-state index is 0.494. The fourth-order valence-corrected chi connectivity index (χ4v) is 2.48. The van der Waals surface area contributed by atoms with E-state index >= 15 is 0 Å². The normalized spacial score (nSPS) is 11.2. The molecule has 1 rings (SSSR count). The van der Waals surface area contributed by atoms with Crippen LogP contribution < -0.4 is 24.8 Å². The lowest BCUT2D eigenvalue weighted by molar-refractivity contribution is 0.347. The van der Waals surface area contributed by atoms with Crippen LogP contribution in [0.5, 0.6) is 17.2 Å². The monoisotopic (exact) mass is 351 g/mol. The van der Waals surface area contributed by atoms with E-state index in [1.165, 1.54) is 19.3 Å². The van der Waals surface area contributed by atoms with Crippen LogP contribution >= 0.6 is 0 Å². The van der Waals surface area contributed by atoms with Gasteiger partial charge in [0.2, 0.25) is 0 Å². The van der Waals surface area contributed by atoms with Crippen molar-refractivity contribution in [2.45, 2.75) is 46.1 Å². The molecule has 0 radical (unpaired) electrons. The standard InChI is InChI=1S/C19H33N3O3/c1-6-8-9-10-11-21-19(20-7-2)22-14-15-12-17(24-4)18(25-5)13-16(15)23-3/h12-13H,6-11,14H2,1-5H3,(H2,20,21,22). The summed E-state index contributed by atoms with van der Waals surface area (Å²) in [5.74, 6) is 2.87. The summed E-state index contributed by atoms with van der Waals surface area (Å²) >= 11 is 0. The van der Waals surface area contributed by atoms with Crippen LogP contribution in [-0.4, -0.2) is 40.4 Å². The number of unbranched alkanes of at least 4 members (excludes halogenated alkanes) is 3. The summed E-state index contributed by atoms with van der Waals surface area (Å²) < 4.78 is 16.1. The first-order valence-corrected chi connectivity index (χ1v) is 9.01. The highest BCUT2D eigenvalue weighted by molar-refractivity contribution is 5.79. The average molecular weight is 351 g/mol. The number of ether oxygens (including phenoxy) is 3. The maximum absolute atomic E-state index is 5.46.